The maximum absolute atomic E-state index is 12.1. The largest absolute Gasteiger partial charge is 0.497 e. The molecule has 1 aliphatic rings. The van der Waals surface area contributed by atoms with E-state index in [2.05, 4.69) is 10.6 Å². The van der Waals surface area contributed by atoms with Gasteiger partial charge in [-0.3, -0.25) is 4.79 Å². The molecule has 1 amide bonds. The molecule has 2 aromatic carbocycles. The number of anilines is 2. The quantitative estimate of drug-likeness (QED) is 0.670. The number of carbonyl (C=O) groups excluding carboxylic acids is 2. The summed E-state index contributed by atoms with van der Waals surface area (Å²) < 4.78 is 10.3. The molecular formula is C17H16N2O4. The molecule has 0 aromatic heterocycles. The number of para-hydroxylation sites is 2. The summed E-state index contributed by atoms with van der Waals surface area (Å²) in [6.45, 7) is 0. The van der Waals surface area contributed by atoms with Crippen molar-refractivity contribution in [2.75, 3.05) is 17.7 Å². The maximum Gasteiger partial charge on any atom is 0.334 e. The van der Waals surface area contributed by atoms with Gasteiger partial charge in [-0.15, -0.1) is 0 Å². The highest BCUT2D eigenvalue weighted by molar-refractivity contribution is 5.97. The molecule has 0 aliphatic carbocycles. The van der Waals surface area contributed by atoms with Gasteiger partial charge in [0.05, 0.1) is 19.2 Å². The van der Waals surface area contributed by atoms with E-state index in [9.17, 15) is 9.59 Å². The molecule has 3 rings (SSSR count). The van der Waals surface area contributed by atoms with Crippen molar-refractivity contribution in [3.63, 3.8) is 0 Å². The lowest BCUT2D eigenvalue weighted by atomic mass is 10.1. The van der Waals surface area contributed by atoms with Gasteiger partial charge in [-0.25, -0.2) is 4.79 Å². The Morgan fingerprint density at radius 1 is 1.26 bits per heavy atom. The lowest BCUT2D eigenvalue weighted by Crippen LogP contribution is -2.39. The van der Waals surface area contributed by atoms with E-state index in [1.165, 1.54) is 0 Å². The maximum atomic E-state index is 12.1. The Kier molecular flexibility index (Phi) is 4.14. The van der Waals surface area contributed by atoms with E-state index >= 15 is 0 Å². The lowest BCUT2D eigenvalue weighted by molar-refractivity contribution is -0.137. The topological polar surface area (TPSA) is 76.7 Å². The molecule has 2 N–H and O–H groups in total. The van der Waals surface area contributed by atoms with Crippen LogP contribution in [0.1, 0.15) is 6.42 Å². The van der Waals surface area contributed by atoms with E-state index in [0.29, 0.717) is 22.9 Å². The van der Waals surface area contributed by atoms with Gasteiger partial charge in [0.25, 0.3) is 0 Å². The first kappa shape index (κ1) is 14.9. The van der Waals surface area contributed by atoms with Crippen molar-refractivity contribution >= 4 is 23.3 Å². The van der Waals surface area contributed by atoms with Crippen molar-refractivity contribution in [1.29, 1.82) is 0 Å². The van der Waals surface area contributed by atoms with E-state index in [4.69, 9.17) is 9.47 Å². The van der Waals surface area contributed by atoms with Crippen LogP contribution in [-0.4, -0.2) is 25.0 Å². The Hall–Kier alpha value is -3.02. The van der Waals surface area contributed by atoms with Crippen molar-refractivity contribution in [3.8, 4) is 11.5 Å². The van der Waals surface area contributed by atoms with Crippen LogP contribution < -0.4 is 20.1 Å². The third-order valence-corrected chi connectivity index (χ3v) is 3.45. The van der Waals surface area contributed by atoms with Crippen molar-refractivity contribution in [3.05, 3.63) is 48.5 Å². The van der Waals surface area contributed by atoms with Gasteiger partial charge in [-0.1, -0.05) is 18.2 Å². The molecule has 6 nitrogen and oxygen atoms in total. The predicted molar refractivity (Wildman–Crippen MR) is 85.7 cm³/mol. The monoisotopic (exact) mass is 312 g/mol. The number of methoxy groups -OCH3 is 1. The van der Waals surface area contributed by atoms with Crippen molar-refractivity contribution in [2.45, 2.75) is 12.5 Å². The predicted octanol–water partition coefficient (Wildman–Crippen LogP) is 2.42. The average Bonchev–Trinajstić information content (AvgIpc) is 2.55. The second-order valence-electron chi connectivity index (χ2n) is 5.10. The molecule has 118 valence electrons. The van der Waals surface area contributed by atoms with Crippen molar-refractivity contribution in [2.24, 2.45) is 0 Å². The summed E-state index contributed by atoms with van der Waals surface area (Å²) >= 11 is 0. The fourth-order valence-corrected chi connectivity index (χ4v) is 2.33. The fraction of sp³-hybridized carbons (Fsp3) is 0.176. The van der Waals surface area contributed by atoms with Gasteiger partial charge in [0, 0.05) is 11.8 Å². The van der Waals surface area contributed by atoms with Gasteiger partial charge in [0.2, 0.25) is 5.91 Å². The highest BCUT2D eigenvalue weighted by Gasteiger charge is 2.29. The second-order valence-corrected chi connectivity index (χ2v) is 5.10. The molecule has 0 saturated heterocycles. The van der Waals surface area contributed by atoms with Crippen LogP contribution in [-0.2, 0) is 9.59 Å². The third kappa shape index (κ3) is 3.42. The molecule has 23 heavy (non-hydrogen) atoms. The van der Waals surface area contributed by atoms with Crippen molar-refractivity contribution in [1.82, 2.24) is 0 Å². The minimum Gasteiger partial charge on any atom is -0.497 e. The van der Waals surface area contributed by atoms with Crippen LogP contribution in [0, 0.1) is 0 Å². The van der Waals surface area contributed by atoms with Gasteiger partial charge < -0.3 is 20.1 Å². The Bertz CT molecular complexity index is 745. The molecule has 1 aliphatic heterocycles. The Morgan fingerprint density at radius 2 is 2.09 bits per heavy atom. The minimum absolute atomic E-state index is 0.0234. The van der Waals surface area contributed by atoms with E-state index in [0.717, 1.165) is 0 Å². The zero-order chi connectivity index (χ0) is 16.2. The van der Waals surface area contributed by atoms with Crippen LogP contribution >= 0.6 is 0 Å². The molecular weight excluding hydrogens is 296 g/mol. The molecule has 1 heterocycles. The molecule has 0 bridgehead atoms. The Labute approximate surface area is 133 Å². The van der Waals surface area contributed by atoms with E-state index in [1.54, 1.807) is 49.6 Å². The van der Waals surface area contributed by atoms with Crippen LogP contribution in [0.15, 0.2) is 48.5 Å². The normalized spacial score (nSPS) is 15.9. The Balaban J connectivity index is 1.65. The number of hydrogen-bond donors (Lipinski definition) is 2. The fourth-order valence-electron chi connectivity index (χ4n) is 2.33. The van der Waals surface area contributed by atoms with Gasteiger partial charge in [-0.05, 0) is 24.3 Å². The van der Waals surface area contributed by atoms with Gasteiger partial charge >= 0.3 is 5.97 Å². The molecule has 2 aromatic rings. The summed E-state index contributed by atoms with van der Waals surface area (Å²) in [7, 11) is 1.56. The lowest BCUT2D eigenvalue weighted by Gasteiger charge is -2.25. The highest BCUT2D eigenvalue weighted by atomic mass is 16.5. The summed E-state index contributed by atoms with van der Waals surface area (Å²) in [6.07, 6.45) is -0.0234. The zero-order valence-corrected chi connectivity index (χ0v) is 12.5. The van der Waals surface area contributed by atoms with Crippen LogP contribution in [0.2, 0.25) is 0 Å². The summed E-state index contributed by atoms with van der Waals surface area (Å²) in [5, 5.41) is 5.77. The van der Waals surface area contributed by atoms with Crippen LogP contribution in [0.4, 0.5) is 11.4 Å². The van der Waals surface area contributed by atoms with Gasteiger partial charge in [-0.2, -0.15) is 0 Å². The number of ether oxygens (including phenoxy) is 2. The van der Waals surface area contributed by atoms with E-state index in [1.807, 2.05) is 6.07 Å². The standard InChI is InChI=1S/C17H16N2O4/c1-22-12-6-4-5-11(9-12)18-16(20)10-14-17(21)23-15-8-3-2-7-13(15)19-14/h2-9,14,19H,10H2,1H3,(H,18,20)/t14-/m0/s1. The molecule has 0 radical (unpaired) electrons. The number of amides is 1. The van der Waals surface area contributed by atoms with E-state index in [-0.39, 0.29) is 12.3 Å². The molecule has 0 fully saturated rings. The van der Waals surface area contributed by atoms with Gasteiger partial charge in [0.15, 0.2) is 5.75 Å². The first-order chi connectivity index (χ1) is 11.2. The molecule has 0 spiro atoms. The number of nitrogens with one attached hydrogen (secondary N) is 2. The summed E-state index contributed by atoms with van der Waals surface area (Å²) in [4.78, 5) is 24.1. The van der Waals surface area contributed by atoms with Crippen LogP contribution in [0.25, 0.3) is 0 Å². The average molecular weight is 312 g/mol. The summed E-state index contributed by atoms with van der Waals surface area (Å²) in [6, 6.07) is 13.4. The molecule has 0 unspecified atom stereocenters. The minimum atomic E-state index is -0.712. The Morgan fingerprint density at radius 3 is 2.91 bits per heavy atom. The highest BCUT2D eigenvalue weighted by Crippen LogP contribution is 2.29. The SMILES string of the molecule is COc1cccc(NC(=O)C[C@@H]2Nc3ccccc3OC2=O)c1. The first-order valence-electron chi connectivity index (χ1n) is 7.17. The number of benzene rings is 2. The number of esters is 1. The third-order valence-electron chi connectivity index (χ3n) is 3.45. The smallest absolute Gasteiger partial charge is 0.334 e. The number of carbonyl (C=O) groups is 2. The molecule has 1 atom stereocenters. The van der Waals surface area contributed by atoms with Crippen molar-refractivity contribution < 1.29 is 19.1 Å². The summed E-state index contributed by atoms with van der Waals surface area (Å²) in [5.41, 5.74) is 1.31. The van der Waals surface area contributed by atoms with E-state index < -0.39 is 12.0 Å². The zero-order valence-electron chi connectivity index (χ0n) is 12.5. The number of fused-ring (bicyclic) bond motifs is 1. The first-order valence-corrected chi connectivity index (χ1v) is 7.17. The molecule has 0 saturated carbocycles. The second kappa shape index (κ2) is 6.39. The van der Waals surface area contributed by atoms with Crippen LogP contribution in [0.3, 0.4) is 0 Å². The van der Waals surface area contributed by atoms with Gasteiger partial charge in [0.1, 0.15) is 11.8 Å². The molecule has 6 heteroatoms. The summed E-state index contributed by atoms with van der Waals surface area (Å²) in [5.74, 6) is 0.366. The van der Waals surface area contributed by atoms with Crippen LogP contribution in [0.5, 0.6) is 11.5 Å². The number of rotatable bonds is 4. The number of hydrogen-bond acceptors (Lipinski definition) is 5.